The summed E-state index contributed by atoms with van der Waals surface area (Å²) in [6, 6.07) is 0.885. The van der Waals surface area contributed by atoms with E-state index in [2.05, 4.69) is 19.2 Å². The molecular formula is C11H24N2O. The molecule has 3 heteroatoms. The zero-order valence-corrected chi connectivity index (χ0v) is 9.42. The van der Waals surface area contributed by atoms with Gasteiger partial charge in [-0.15, -0.1) is 0 Å². The molecule has 0 radical (unpaired) electrons. The van der Waals surface area contributed by atoms with Gasteiger partial charge in [-0.25, -0.2) is 0 Å². The van der Waals surface area contributed by atoms with Crippen LogP contribution in [0.25, 0.3) is 0 Å². The second-order valence-corrected chi connectivity index (χ2v) is 4.89. The standard InChI is InChI=1S/C11H24N2O/c1-9(12)11(2)5-3-10(4-6-11)13-7-8-14/h9-10,13-14H,3-8,12H2,1-2H3/t9-,10?,11?/m1/s1. The van der Waals surface area contributed by atoms with E-state index < -0.39 is 0 Å². The molecule has 0 bridgehead atoms. The van der Waals surface area contributed by atoms with Crippen molar-refractivity contribution in [1.82, 2.24) is 5.32 Å². The van der Waals surface area contributed by atoms with Crippen molar-refractivity contribution in [2.24, 2.45) is 11.1 Å². The van der Waals surface area contributed by atoms with E-state index >= 15 is 0 Å². The first-order valence-corrected chi connectivity index (χ1v) is 5.68. The third-order valence-corrected chi connectivity index (χ3v) is 3.77. The monoisotopic (exact) mass is 200 g/mol. The maximum atomic E-state index is 8.71. The largest absolute Gasteiger partial charge is 0.395 e. The minimum absolute atomic E-state index is 0.237. The van der Waals surface area contributed by atoms with Gasteiger partial charge in [-0.3, -0.25) is 0 Å². The third-order valence-electron chi connectivity index (χ3n) is 3.77. The van der Waals surface area contributed by atoms with Gasteiger partial charge in [0.1, 0.15) is 0 Å². The van der Waals surface area contributed by atoms with Crippen LogP contribution in [0.4, 0.5) is 0 Å². The van der Waals surface area contributed by atoms with Gasteiger partial charge in [0.2, 0.25) is 0 Å². The summed E-state index contributed by atoms with van der Waals surface area (Å²) in [7, 11) is 0. The summed E-state index contributed by atoms with van der Waals surface area (Å²) in [6.07, 6.45) is 4.79. The Labute approximate surface area is 87.1 Å². The van der Waals surface area contributed by atoms with Gasteiger partial charge in [-0.2, -0.15) is 0 Å². The summed E-state index contributed by atoms with van der Waals surface area (Å²) in [4.78, 5) is 0. The topological polar surface area (TPSA) is 58.3 Å². The molecule has 0 saturated heterocycles. The van der Waals surface area contributed by atoms with E-state index in [1.807, 2.05) is 0 Å². The first-order chi connectivity index (χ1) is 6.58. The number of hydrogen-bond donors (Lipinski definition) is 3. The maximum absolute atomic E-state index is 8.71. The lowest BCUT2D eigenvalue weighted by atomic mass is 9.70. The van der Waals surface area contributed by atoms with Crippen molar-refractivity contribution in [2.75, 3.05) is 13.2 Å². The van der Waals surface area contributed by atoms with Crippen LogP contribution in [-0.4, -0.2) is 30.3 Å². The molecule has 1 saturated carbocycles. The Balaban J connectivity index is 2.30. The molecule has 3 nitrogen and oxygen atoms in total. The highest BCUT2D eigenvalue weighted by molar-refractivity contribution is 4.89. The van der Waals surface area contributed by atoms with Crippen molar-refractivity contribution in [2.45, 2.75) is 51.6 Å². The van der Waals surface area contributed by atoms with Crippen molar-refractivity contribution < 1.29 is 5.11 Å². The highest BCUT2D eigenvalue weighted by Gasteiger charge is 2.33. The van der Waals surface area contributed by atoms with Gasteiger partial charge in [-0.1, -0.05) is 6.92 Å². The Hall–Kier alpha value is -0.120. The molecule has 1 fully saturated rings. The molecule has 1 rings (SSSR count). The van der Waals surface area contributed by atoms with E-state index in [4.69, 9.17) is 10.8 Å². The molecule has 1 aliphatic carbocycles. The van der Waals surface area contributed by atoms with Crippen LogP contribution < -0.4 is 11.1 Å². The lowest BCUT2D eigenvalue weighted by Crippen LogP contribution is -2.44. The fraction of sp³-hybridized carbons (Fsp3) is 1.00. The van der Waals surface area contributed by atoms with Crippen molar-refractivity contribution in [3.63, 3.8) is 0 Å². The van der Waals surface area contributed by atoms with Gasteiger partial charge < -0.3 is 16.2 Å². The molecule has 84 valence electrons. The molecule has 1 atom stereocenters. The van der Waals surface area contributed by atoms with Crippen molar-refractivity contribution in [3.05, 3.63) is 0 Å². The average Bonchev–Trinajstić information content (AvgIpc) is 2.17. The predicted molar refractivity (Wildman–Crippen MR) is 59.1 cm³/mol. The van der Waals surface area contributed by atoms with E-state index in [0.717, 1.165) is 6.54 Å². The van der Waals surface area contributed by atoms with Crippen molar-refractivity contribution >= 4 is 0 Å². The van der Waals surface area contributed by atoms with E-state index in [0.29, 0.717) is 17.5 Å². The van der Waals surface area contributed by atoms with Crippen LogP contribution in [0.15, 0.2) is 0 Å². The molecule has 1 aliphatic rings. The molecule has 0 unspecified atom stereocenters. The zero-order chi connectivity index (χ0) is 10.6. The van der Waals surface area contributed by atoms with Crippen LogP contribution in [-0.2, 0) is 0 Å². The third kappa shape index (κ3) is 2.94. The van der Waals surface area contributed by atoms with Crippen LogP contribution in [0.5, 0.6) is 0 Å². The smallest absolute Gasteiger partial charge is 0.0556 e. The van der Waals surface area contributed by atoms with E-state index in [1.165, 1.54) is 25.7 Å². The summed E-state index contributed by atoms with van der Waals surface area (Å²) >= 11 is 0. The van der Waals surface area contributed by atoms with Gasteiger partial charge in [0.25, 0.3) is 0 Å². The highest BCUT2D eigenvalue weighted by Crippen LogP contribution is 2.37. The van der Waals surface area contributed by atoms with Gasteiger partial charge in [0, 0.05) is 18.6 Å². The molecule has 0 heterocycles. The Kier molecular flexibility index (Phi) is 4.35. The molecule has 0 amide bonds. The van der Waals surface area contributed by atoms with Crippen molar-refractivity contribution in [3.8, 4) is 0 Å². The van der Waals surface area contributed by atoms with E-state index in [-0.39, 0.29) is 6.61 Å². The Morgan fingerprint density at radius 1 is 1.50 bits per heavy atom. The van der Waals surface area contributed by atoms with Crippen LogP contribution >= 0.6 is 0 Å². The highest BCUT2D eigenvalue weighted by atomic mass is 16.3. The molecule has 0 spiro atoms. The summed E-state index contributed by atoms with van der Waals surface area (Å²) in [6.45, 7) is 5.36. The molecular weight excluding hydrogens is 176 g/mol. The van der Waals surface area contributed by atoms with Gasteiger partial charge in [0.05, 0.1) is 6.61 Å². The normalized spacial score (nSPS) is 35.6. The van der Waals surface area contributed by atoms with Crippen LogP contribution in [0, 0.1) is 5.41 Å². The number of nitrogens with two attached hydrogens (primary N) is 1. The van der Waals surface area contributed by atoms with Crippen LogP contribution in [0.2, 0.25) is 0 Å². The molecule has 14 heavy (non-hydrogen) atoms. The van der Waals surface area contributed by atoms with Crippen molar-refractivity contribution in [1.29, 1.82) is 0 Å². The summed E-state index contributed by atoms with van der Waals surface area (Å²) in [5, 5.41) is 12.1. The Morgan fingerprint density at radius 3 is 2.50 bits per heavy atom. The molecule has 0 aromatic heterocycles. The quantitative estimate of drug-likeness (QED) is 0.631. The lowest BCUT2D eigenvalue weighted by molar-refractivity contribution is 0.151. The molecule has 4 N–H and O–H groups in total. The first kappa shape index (κ1) is 12.0. The summed E-state index contributed by atoms with van der Waals surface area (Å²) in [5.74, 6) is 0. The number of aliphatic hydroxyl groups excluding tert-OH is 1. The van der Waals surface area contributed by atoms with E-state index in [9.17, 15) is 0 Å². The zero-order valence-electron chi connectivity index (χ0n) is 9.42. The lowest BCUT2D eigenvalue weighted by Gasteiger charge is -2.40. The Bertz CT molecular complexity index is 163. The molecule has 0 aromatic rings. The number of aliphatic hydroxyl groups is 1. The fourth-order valence-corrected chi connectivity index (χ4v) is 2.21. The van der Waals surface area contributed by atoms with Gasteiger partial charge >= 0.3 is 0 Å². The Morgan fingerprint density at radius 2 is 2.07 bits per heavy atom. The predicted octanol–water partition coefficient (Wildman–Crippen LogP) is 0.864. The molecule has 0 aliphatic heterocycles. The van der Waals surface area contributed by atoms with Crippen LogP contribution in [0.3, 0.4) is 0 Å². The first-order valence-electron chi connectivity index (χ1n) is 5.68. The number of hydrogen-bond acceptors (Lipinski definition) is 3. The summed E-state index contributed by atoms with van der Waals surface area (Å²) in [5.41, 5.74) is 6.32. The fourth-order valence-electron chi connectivity index (χ4n) is 2.21. The second-order valence-electron chi connectivity index (χ2n) is 4.89. The second kappa shape index (κ2) is 5.10. The average molecular weight is 200 g/mol. The summed E-state index contributed by atoms with van der Waals surface area (Å²) < 4.78 is 0. The maximum Gasteiger partial charge on any atom is 0.0556 e. The molecule has 0 aromatic carbocycles. The minimum Gasteiger partial charge on any atom is -0.395 e. The minimum atomic E-state index is 0.237. The van der Waals surface area contributed by atoms with E-state index in [1.54, 1.807) is 0 Å². The number of nitrogens with one attached hydrogen (secondary N) is 1. The SMILES string of the molecule is C[C@@H](N)C1(C)CCC(NCCO)CC1. The van der Waals surface area contributed by atoms with Gasteiger partial charge in [0.15, 0.2) is 0 Å². The van der Waals surface area contributed by atoms with Gasteiger partial charge in [-0.05, 0) is 38.0 Å². The van der Waals surface area contributed by atoms with Crippen LogP contribution in [0.1, 0.15) is 39.5 Å². The number of rotatable bonds is 4.